The van der Waals surface area contributed by atoms with Crippen molar-refractivity contribution in [3.63, 3.8) is 0 Å². The Morgan fingerprint density at radius 2 is 2.29 bits per heavy atom. The Labute approximate surface area is 118 Å². The van der Waals surface area contributed by atoms with E-state index in [4.69, 9.17) is 0 Å². The molecule has 0 aliphatic heterocycles. The molecule has 1 aliphatic carbocycles. The molecule has 0 amide bonds. The van der Waals surface area contributed by atoms with E-state index in [-0.39, 0.29) is 23.3 Å². The Hall–Kier alpha value is -2.70. The molecule has 3 N–H and O–H groups in total. The van der Waals surface area contributed by atoms with Crippen LogP contribution in [0.5, 0.6) is 0 Å². The van der Waals surface area contributed by atoms with Crippen LogP contribution in [0, 0.1) is 5.82 Å². The van der Waals surface area contributed by atoms with Gasteiger partial charge < -0.3 is 5.32 Å². The molecule has 21 heavy (non-hydrogen) atoms. The van der Waals surface area contributed by atoms with Gasteiger partial charge in [0.2, 0.25) is 5.95 Å². The maximum atomic E-state index is 13.2. The van der Waals surface area contributed by atoms with Crippen molar-refractivity contribution in [2.24, 2.45) is 0 Å². The Bertz CT molecular complexity index is 871. The second kappa shape index (κ2) is 4.41. The van der Waals surface area contributed by atoms with Crippen molar-refractivity contribution in [3.05, 3.63) is 52.2 Å². The summed E-state index contributed by atoms with van der Waals surface area (Å²) in [5, 5.41) is 10.1. The van der Waals surface area contributed by atoms with Gasteiger partial charge in [-0.1, -0.05) is 12.1 Å². The Kier molecular flexibility index (Phi) is 2.53. The lowest BCUT2D eigenvalue weighted by Crippen LogP contribution is -2.14. The van der Waals surface area contributed by atoms with Gasteiger partial charge >= 0.3 is 0 Å². The maximum absolute atomic E-state index is 13.2. The number of benzene rings is 1. The van der Waals surface area contributed by atoms with E-state index in [1.165, 1.54) is 12.3 Å². The highest BCUT2D eigenvalue weighted by atomic mass is 19.1. The fourth-order valence-electron chi connectivity index (χ4n) is 2.55. The van der Waals surface area contributed by atoms with Crippen LogP contribution in [0.3, 0.4) is 0 Å². The zero-order valence-electron chi connectivity index (χ0n) is 10.9. The van der Waals surface area contributed by atoms with Gasteiger partial charge in [-0.25, -0.2) is 4.39 Å². The summed E-state index contributed by atoms with van der Waals surface area (Å²) in [7, 11) is 0. The van der Waals surface area contributed by atoms with Gasteiger partial charge in [0.05, 0.1) is 6.20 Å². The summed E-state index contributed by atoms with van der Waals surface area (Å²) >= 11 is 0. The minimum absolute atomic E-state index is 0.148. The molecule has 3 aromatic rings. The third-order valence-corrected chi connectivity index (χ3v) is 3.71. The van der Waals surface area contributed by atoms with Crippen LogP contribution in [0.25, 0.3) is 11.0 Å². The van der Waals surface area contributed by atoms with E-state index in [0.717, 1.165) is 12.0 Å². The molecule has 0 bridgehead atoms. The fourth-order valence-corrected chi connectivity index (χ4v) is 2.55. The summed E-state index contributed by atoms with van der Waals surface area (Å²) in [6.45, 7) is 0. The number of halogens is 1. The Balaban J connectivity index is 1.55. The number of hydrogen-bond acceptors (Lipinski definition) is 4. The second-order valence-electron chi connectivity index (χ2n) is 5.19. The highest BCUT2D eigenvalue weighted by Gasteiger charge is 2.39. The summed E-state index contributed by atoms with van der Waals surface area (Å²) in [5.74, 6) is 0.410. The van der Waals surface area contributed by atoms with Gasteiger partial charge in [0.25, 0.3) is 5.56 Å². The van der Waals surface area contributed by atoms with Gasteiger partial charge in [0.1, 0.15) is 11.2 Å². The molecule has 2 atom stereocenters. The summed E-state index contributed by atoms with van der Waals surface area (Å²) in [5.41, 5.74) is 1.17. The SMILES string of the molecule is O=c1[nH]c(N[C@@H]2C[C@H]2c2cccc(F)c2)nc2[nH]ncc12. The first kappa shape index (κ1) is 12.1. The average Bonchev–Trinajstić information content (AvgIpc) is 3.04. The van der Waals surface area contributed by atoms with Crippen LogP contribution < -0.4 is 10.9 Å². The zero-order chi connectivity index (χ0) is 14.4. The molecule has 0 unspecified atom stereocenters. The van der Waals surface area contributed by atoms with E-state index in [0.29, 0.717) is 17.0 Å². The first-order valence-corrected chi connectivity index (χ1v) is 6.66. The van der Waals surface area contributed by atoms with Crippen LogP contribution >= 0.6 is 0 Å². The fraction of sp³-hybridized carbons (Fsp3) is 0.214. The molecule has 1 saturated carbocycles. The molecule has 0 spiro atoms. The normalized spacial score (nSPS) is 20.6. The number of nitrogens with one attached hydrogen (secondary N) is 3. The maximum Gasteiger partial charge on any atom is 0.263 e. The topological polar surface area (TPSA) is 86.5 Å². The van der Waals surface area contributed by atoms with Gasteiger partial charge in [-0.3, -0.25) is 14.9 Å². The predicted octanol–water partition coefficient (Wildman–Crippen LogP) is 1.75. The van der Waals surface area contributed by atoms with Gasteiger partial charge in [-0.2, -0.15) is 10.1 Å². The minimum atomic E-state index is -0.237. The van der Waals surface area contributed by atoms with Gasteiger partial charge in [0, 0.05) is 12.0 Å². The van der Waals surface area contributed by atoms with Crippen LogP contribution in [-0.4, -0.2) is 26.2 Å². The van der Waals surface area contributed by atoms with Gasteiger partial charge in [0.15, 0.2) is 5.65 Å². The van der Waals surface area contributed by atoms with Crippen molar-refractivity contribution in [1.82, 2.24) is 20.2 Å². The molecule has 6 nitrogen and oxygen atoms in total. The van der Waals surface area contributed by atoms with Crippen LogP contribution in [0.4, 0.5) is 10.3 Å². The van der Waals surface area contributed by atoms with E-state index in [2.05, 4.69) is 25.5 Å². The largest absolute Gasteiger partial charge is 0.352 e. The lowest BCUT2D eigenvalue weighted by atomic mass is 10.1. The standard InChI is InChI=1S/C14H12FN5O/c15-8-3-1-2-7(4-8)9-5-11(9)17-14-18-12-10(6-16-20-12)13(21)19-14/h1-4,6,9,11H,5H2,(H3,16,17,18,19,20,21)/t9-,11+/m0/s1. The summed E-state index contributed by atoms with van der Waals surface area (Å²) in [6.07, 6.45) is 2.33. The molecular weight excluding hydrogens is 273 g/mol. The molecule has 7 heteroatoms. The number of nitrogens with zero attached hydrogens (tertiary/aromatic N) is 2. The first-order valence-electron chi connectivity index (χ1n) is 6.66. The summed E-state index contributed by atoms with van der Waals surface area (Å²) in [4.78, 5) is 18.8. The Morgan fingerprint density at radius 3 is 3.14 bits per heavy atom. The number of H-pyrrole nitrogens is 2. The molecule has 2 heterocycles. The molecule has 4 rings (SSSR count). The number of hydrogen-bond donors (Lipinski definition) is 3. The summed E-state index contributed by atoms with van der Waals surface area (Å²) < 4.78 is 13.2. The van der Waals surface area contributed by atoms with Crippen LogP contribution in [0.2, 0.25) is 0 Å². The van der Waals surface area contributed by atoms with Crippen molar-refractivity contribution in [3.8, 4) is 0 Å². The molecule has 1 aliphatic rings. The number of fused-ring (bicyclic) bond motifs is 1. The van der Waals surface area contributed by atoms with Crippen molar-refractivity contribution in [2.75, 3.05) is 5.32 Å². The number of aromatic nitrogens is 4. The minimum Gasteiger partial charge on any atom is -0.352 e. The molecule has 0 saturated heterocycles. The highest BCUT2D eigenvalue weighted by molar-refractivity contribution is 5.73. The lowest BCUT2D eigenvalue weighted by Gasteiger charge is -2.05. The number of aromatic amines is 2. The molecule has 0 radical (unpaired) electrons. The second-order valence-corrected chi connectivity index (χ2v) is 5.19. The molecular formula is C14H12FN5O. The third-order valence-electron chi connectivity index (χ3n) is 3.71. The van der Waals surface area contributed by atoms with Gasteiger partial charge in [-0.15, -0.1) is 0 Å². The third kappa shape index (κ3) is 2.16. The number of anilines is 1. The number of rotatable bonds is 3. The van der Waals surface area contributed by atoms with Crippen LogP contribution in [0.1, 0.15) is 17.9 Å². The van der Waals surface area contributed by atoms with E-state index >= 15 is 0 Å². The van der Waals surface area contributed by atoms with Crippen molar-refractivity contribution in [1.29, 1.82) is 0 Å². The van der Waals surface area contributed by atoms with Crippen LogP contribution in [0.15, 0.2) is 35.3 Å². The van der Waals surface area contributed by atoms with Gasteiger partial charge in [-0.05, 0) is 24.1 Å². The first-order chi connectivity index (χ1) is 10.2. The highest BCUT2D eigenvalue weighted by Crippen LogP contribution is 2.42. The molecule has 2 aromatic heterocycles. The monoisotopic (exact) mass is 285 g/mol. The Morgan fingerprint density at radius 1 is 1.38 bits per heavy atom. The van der Waals surface area contributed by atoms with Crippen molar-refractivity contribution < 1.29 is 4.39 Å². The van der Waals surface area contributed by atoms with Crippen LogP contribution in [-0.2, 0) is 0 Å². The van der Waals surface area contributed by atoms with E-state index in [1.807, 2.05) is 6.07 Å². The summed E-state index contributed by atoms with van der Waals surface area (Å²) in [6, 6.07) is 6.73. The molecule has 106 valence electrons. The average molecular weight is 285 g/mol. The molecule has 1 aromatic carbocycles. The van der Waals surface area contributed by atoms with Crippen molar-refractivity contribution in [2.45, 2.75) is 18.4 Å². The van der Waals surface area contributed by atoms with E-state index < -0.39 is 0 Å². The van der Waals surface area contributed by atoms with Crippen molar-refractivity contribution >= 4 is 17.0 Å². The smallest absolute Gasteiger partial charge is 0.263 e. The van der Waals surface area contributed by atoms with E-state index in [9.17, 15) is 9.18 Å². The molecule has 1 fully saturated rings. The predicted molar refractivity (Wildman–Crippen MR) is 75.7 cm³/mol. The quantitative estimate of drug-likeness (QED) is 0.684. The van der Waals surface area contributed by atoms with E-state index in [1.54, 1.807) is 12.1 Å². The zero-order valence-corrected chi connectivity index (χ0v) is 10.9. The lowest BCUT2D eigenvalue weighted by molar-refractivity contribution is 0.625.